The van der Waals surface area contributed by atoms with Crippen molar-refractivity contribution in [2.45, 2.75) is 50.0 Å². The molecule has 0 amide bonds. The van der Waals surface area contributed by atoms with E-state index in [1.165, 1.54) is 16.0 Å². The summed E-state index contributed by atoms with van der Waals surface area (Å²) in [6.45, 7) is 10.6. The lowest BCUT2D eigenvalue weighted by atomic mass is 9.96. The Labute approximate surface area is 131 Å². The standard InChI is InChI=1S/C17H23N3S/c1-11-7-8-13(12(2)9-11)21-15-10-14(18-6)19-16(20-15)17(3,4)5/h7-10H,1-6H3,(H,18,19,20). The highest BCUT2D eigenvalue weighted by Crippen LogP contribution is 2.32. The van der Waals surface area contributed by atoms with E-state index in [1.807, 2.05) is 13.1 Å². The Morgan fingerprint density at radius 1 is 1.05 bits per heavy atom. The molecule has 4 heteroatoms. The van der Waals surface area contributed by atoms with Gasteiger partial charge in [0.25, 0.3) is 0 Å². The van der Waals surface area contributed by atoms with E-state index in [2.05, 4.69) is 63.1 Å². The number of anilines is 1. The molecule has 0 aliphatic heterocycles. The molecule has 0 spiro atoms. The van der Waals surface area contributed by atoms with Crippen molar-refractivity contribution < 1.29 is 0 Å². The van der Waals surface area contributed by atoms with Gasteiger partial charge in [-0.05, 0) is 25.5 Å². The highest BCUT2D eigenvalue weighted by Gasteiger charge is 2.19. The number of aryl methyl sites for hydroxylation is 2. The van der Waals surface area contributed by atoms with E-state index >= 15 is 0 Å². The van der Waals surface area contributed by atoms with E-state index in [1.54, 1.807) is 11.8 Å². The minimum atomic E-state index is -0.0650. The second-order valence-corrected chi connectivity index (χ2v) is 7.35. The van der Waals surface area contributed by atoms with Crippen LogP contribution in [0.2, 0.25) is 0 Å². The fraction of sp³-hybridized carbons (Fsp3) is 0.412. The highest BCUT2D eigenvalue weighted by molar-refractivity contribution is 7.99. The first-order valence-electron chi connectivity index (χ1n) is 7.12. The lowest BCUT2D eigenvalue weighted by Gasteiger charge is -2.18. The molecular formula is C17H23N3S. The molecule has 0 saturated heterocycles. The maximum absolute atomic E-state index is 4.72. The van der Waals surface area contributed by atoms with Crippen LogP contribution in [0.4, 0.5) is 5.82 Å². The molecule has 0 bridgehead atoms. The van der Waals surface area contributed by atoms with Gasteiger partial charge in [-0.1, -0.05) is 50.2 Å². The zero-order valence-corrected chi connectivity index (χ0v) is 14.4. The van der Waals surface area contributed by atoms with Crippen LogP contribution >= 0.6 is 11.8 Å². The monoisotopic (exact) mass is 301 g/mol. The van der Waals surface area contributed by atoms with Crippen LogP contribution in [-0.4, -0.2) is 17.0 Å². The summed E-state index contributed by atoms with van der Waals surface area (Å²) in [5, 5.41) is 4.10. The summed E-state index contributed by atoms with van der Waals surface area (Å²) in [6.07, 6.45) is 0. The van der Waals surface area contributed by atoms with E-state index < -0.39 is 0 Å². The minimum Gasteiger partial charge on any atom is -0.373 e. The third-order valence-electron chi connectivity index (χ3n) is 3.17. The summed E-state index contributed by atoms with van der Waals surface area (Å²) in [5.41, 5.74) is 2.50. The molecule has 0 saturated carbocycles. The number of hydrogen-bond donors (Lipinski definition) is 1. The third kappa shape index (κ3) is 3.97. The largest absolute Gasteiger partial charge is 0.373 e. The second-order valence-electron chi connectivity index (χ2n) is 6.29. The smallest absolute Gasteiger partial charge is 0.137 e. The van der Waals surface area contributed by atoms with Crippen molar-refractivity contribution in [2.24, 2.45) is 0 Å². The molecule has 0 atom stereocenters. The molecule has 1 aromatic carbocycles. The van der Waals surface area contributed by atoms with Crippen molar-refractivity contribution in [3.05, 3.63) is 41.2 Å². The fourth-order valence-corrected chi connectivity index (χ4v) is 2.85. The van der Waals surface area contributed by atoms with E-state index in [0.717, 1.165) is 16.7 Å². The van der Waals surface area contributed by atoms with Gasteiger partial charge in [-0.25, -0.2) is 9.97 Å². The zero-order chi connectivity index (χ0) is 15.6. The Morgan fingerprint density at radius 2 is 1.76 bits per heavy atom. The van der Waals surface area contributed by atoms with Crippen molar-refractivity contribution in [1.29, 1.82) is 0 Å². The maximum atomic E-state index is 4.72. The first-order chi connectivity index (χ1) is 9.79. The molecule has 112 valence electrons. The number of nitrogens with one attached hydrogen (secondary N) is 1. The van der Waals surface area contributed by atoms with Crippen molar-refractivity contribution in [3.8, 4) is 0 Å². The lowest BCUT2D eigenvalue weighted by Crippen LogP contribution is -2.17. The molecule has 2 rings (SSSR count). The predicted octanol–water partition coefficient (Wildman–Crippen LogP) is 4.58. The number of hydrogen-bond acceptors (Lipinski definition) is 4. The van der Waals surface area contributed by atoms with Gasteiger partial charge < -0.3 is 5.32 Å². The molecule has 21 heavy (non-hydrogen) atoms. The van der Waals surface area contributed by atoms with E-state index in [4.69, 9.17) is 4.98 Å². The zero-order valence-electron chi connectivity index (χ0n) is 13.6. The first kappa shape index (κ1) is 15.8. The number of nitrogens with zero attached hydrogens (tertiary/aromatic N) is 2. The Kier molecular flexibility index (Phi) is 4.57. The maximum Gasteiger partial charge on any atom is 0.137 e. The average Bonchev–Trinajstić information content (AvgIpc) is 2.40. The van der Waals surface area contributed by atoms with Gasteiger partial charge in [0.2, 0.25) is 0 Å². The summed E-state index contributed by atoms with van der Waals surface area (Å²) in [6, 6.07) is 8.50. The molecule has 0 aliphatic rings. The van der Waals surface area contributed by atoms with Gasteiger partial charge >= 0.3 is 0 Å². The van der Waals surface area contributed by atoms with Crippen LogP contribution in [-0.2, 0) is 5.41 Å². The van der Waals surface area contributed by atoms with Crippen LogP contribution in [0.15, 0.2) is 34.2 Å². The molecule has 0 radical (unpaired) electrons. The molecule has 0 aliphatic carbocycles. The summed E-state index contributed by atoms with van der Waals surface area (Å²) >= 11 is 1.69. The van der Waals surface area contributed by atoms with E-state index in [-0.39, 0.29) is 5.41 Å². The van der Waals surface area contributed by atoms with Crippen LogP contribution in [0, 0.1) is 13.8 Å². The van der Waals surface area contributed by atoms with Gasteiger partial charge in [-0.3, -0.25) is 0 Å². The second kappa shape index (κ2) is 6.06. The van der Waals surface area contributed by atoms with Crippen molar-refractivity contribution >= 4 is 17.6 Å². The van der Waals surface area contributed by atoms with Crippen molar-refractivity contribution in [1.82, 2.24) is 9.97 Å². The normalized spacial score (nSPS) is 11.5. The van der Waals surface area contributed by atoms with E-state index in [0.29, 0.717) is 0 Å². The summed E-state index contributed by atoms with van der Waals surface area (Å²) < 4.78 is 0. The quantitative estimate of drug-likeness (QED) is 0.842. The average molecular weight is 301 g/mol. The van der Waals surface area contributed by atoms with Gasteiger partial charge in [0, 0.05) is 23.4 Å². The third-order valence-corrected chi connectivity index (χ3v) is 4.27. The van der Waals surface area contributed by atoms with E-state index in [9.17, 15) is 0 Å². The number of aromatic nitrogens is 2. The molecule has 0 unspecified atom stereocenters. The van der Waals surface area contributed by atoms with Crippen LogP contribution in [0.3, 0.4) is 0 Å². The van der Waals surface area contributed by atoms with Crippen molar-refractivity contribution in [3.63, 3.8) is 0 Å². The summed E-state index contributed by atoms with van der Waals surface area (Å²) in [5.74, 6) is 1.73. The van der Waals surface area contributed by atoms with Crippen LogP contribution in [0.5, 0.6) is 0 Å². The predicted molar refractivity (Wildman–Crippen MR) is 90.3 cm³/mol. The molecule has 1 aromatic heterocycles. The van der Waals surface area contributed by atoms with Gasteiger partial charge in [0.05, 0.1) is 0 Å². The summed E-state index contributed by atoms with van der Waals surface area (Å²) in [4.78, 5) is 10.5. The van der Waals surface area contributed by atoms with Crippen LogP contribution < -0.4 is 5.32 Å². The van der Waals surface area contributed by atoms with Crippen molar-refractivity contribution in [2.75, 3.05) is 12.4 Å². The number of rotatable bonds is 3. The van der Waals surface area contributed by atoms with Crippen LogP contribution in [0.1, 0.15) is 37.7 Å². The Morgan fingerprint density at radius 3 is 2.33 bits per heavy atom. The SMILES string of the molecule is CNc1cc(Sc2ccc(C)cc2C)nc(C(C)(C)C)n1. The first-order valence-corrected chi connectivity index (χ1v) is 7.93. The fourth-order valence-electron chi connectivity index (χ4n) is 1.97. The summed E-state index contributed by atoms with van der Waals surface area (Å²) in [7, 11) is 1.89. The molecular weight excluding hydrogens is 278 g/mol. The van der Waals surface area contributed by atoms with Crippen LogP contribution in [0.25, 0.3) is 0 Å². The lowest BCUT2D eigenvalue weighted by molar-refractivity contribution is 0.539. The Bertz CT molecular complexity index is 645. The molecule has 1 N–H and O–H groups in total. The molecule has 0 fully saturated rings. The Balaban J connectivity index is 2.39. The van der Waals surface area contributed by atoms with Gasteiger partial charge in [-0.15, -0.1) is 0 Å². The van der Waals surface area contributed by atoms with Gasteiger partial charge in [0.1, 0.15) is 16.7 Å². The molecule has 3 nitrogen and oxygen atoms in total. The highest BCUT2D eigenvalue weighted by atomic mass is 32.2. The minimum absolute atomic E-state index is 0.0650. The van der Waals surface area contributed by atoms with Gasteiger partial charge in [-0.2, -0.15) is 0 Å². The van der Waals surface area contributed by atoms with Gasteiger partial charge in [0.15, 0.2) is 0 Å². The topological polar surface area (TPSA) is 37.8 Å². The molecule has 1 heterocycles. The molecule has 2 aromatic rings. The Hall–Kier alpha value is -1.55. The number of benzene rings is 1.